The normalized spacial score (nSPS) is 10.9. The zero-order valence-electron chi connectivity index (χ0n) is 11.4. The molecule has 4 nitrogen and oxygen atoms in total. The van der Waals surface area contributed by atoms with Gasteiger partial charge in [-0.2, -0.15) is 5.10 Å². The monoisotopic (exact) mass is 312 g/mol. The topological polar surface area (TPSA) is 44.1 Å². The molecule has 0 aliphatic carbocycles. The molecule has 1 aromatic heterocycles. The lowest BCUT2D eigenvalue weighted by atomic mass is 10.1. The molecule has 0 aliphatic rings. The standard InChI is InChI=1S/C14H14Cl2N2O2/c1-8(2)18-13(12(20-3)7-17-18)14(19)10-6-9(15)4-5-11(10)16/h4-8H,1-3H3. The maximum atomic E-state index is 12.7. The van der Waals surface area contributed by atoms with E-state index in [1.165, 1.54) is 13.3 Å². The maximum absolute atomic E-state index is 12.7. The summed E-state index contributed by atoms with van der Waals surface area (Å²) in [7, 11) is 1.50. The molecule has 106 valence electrons. The van der Waals surface area contributed by atoms with Crippen molar-refractivity contribution in [2.75, 3.05) is 7.11 Å². The summed E-state index contributed by atoms with van der Waals surface area (Å²) in [4.78, 5) is 12.7. The second kappa shape index (κ2) is 5.85. The molecule has 0 unspecified atom stereocenters. The van der Waals surface area contributed by atoms with Crippen LogP contribution in [0, 0.1) is 0 Å². The minimum absolute atomic E-state index is 0.0239. The highest BCUT2D eigenvalue weighted by Gasteiger charge is 2.24. The van der Waals surface area contributed by atoms with Crippen LogP contribution >= 0.6 is 23.2 Å². The summed E-state index contributed by atoms with van der Waals surface area (Å²) in [5.41, 5.74) is 0.700. The van der Waals surface area contributed by atoms with Gasteiger partial charge in [-0.3, -0.25) is 9.48 Å². The highest BCUT2D eigenvalue weighted by Crippen LogP contribution is 2.28. The largest absolute Gasteiger partial charge is 0.493 e. The van der Waals surface area contributed by atoms with Gasteiger partial charge in [-0.25, -0.2) is 0 Å². The molecule has 0 spiro atoms. The van der Waals surface area contributed by atoms with Crippen molar-refractivity contribution in [3.63, 3.8) is 0 Å². The number of halogens is 2. The van der Waals surface area contributed by atoms with E-state index in [0.29, 0.717) is 27.1 Å². The molecule has 2 rings (SSSR count). The van der Waals surface area contributed by atoms with Crippen LogP contribution in [0.1, 0.15) is 35.9 Å². The van der Waals surface area contributed by atoms with Gasteiger partial charge < -0.3 is 4.74 Å². The van der Waals surface area contributed by atoms with Crippen LogP contribution in [0.15, 0.2) is 24.4 Å². The first kappa shape index (κ1) is 14.9. The Morgan fingerprint density at radius 1 is 1.35 bits per heavy atom. The van der Waals surface area contributed by atoms with Gasteiger partial charge in [0.05, 0.1) is 18.3 Å². The molecule has 1 heterocycles. The number of nitrogens with zero attached hydrogens (tertiary/aromatic N) is 2. The van der Waals surface area contributed by atoms with Gasteiger partial charge >= 0.3 is 0 Å². The average Bonchev–Trinajstić information content (AvgIpc) is 2.84. The predicted octanol–water partition coefficient (Wildman–Crippen LogP) is 4.01. The zero-order valence-corrected chi connectivity index (χ0v) is 12.9. The van der Waals surface area contributed by atoms with Crippen molar-refractivity contribution in [2.45, 2.75) is 19.9 Å². The Morgan fingerprint density at radius 3 is 2.65 bits per heavy atom. The fourth-order valence-electron chi connectivity index (χ4n) is 1.90. The lowest BCUT2D eigenvalue weighted by Gasteiger charge is -2.12. The molecule has 1 aromatic carbocycles. The maximum Gasteiger partial charge on any atom is 0.216 e. The van der Waals surface area contributed by atoms with Gasteiger partial charge in [0.15, 0.2) is 11.4 Å². The first-order valence-corrected chi connectivity index (χ1v) is 6.82. The van der Waals surface area contributed by atoms with Crippen LogP contribution in [-0.4, -0.2) is 22.7 Å². The van der Waals surface area contributed by atoms with Crippen LogP contribution in [-0.2, 0) is 0 Å². The summed E-state index contributed by atoms with van der Waals surface area (Å²) in [6.07, 6.45) is 1.52. The van der Waals surface area contributed by atoms with E-state index < -0.39 is 0 Å². The van der Waals surface area contributed by atoms with Crippen molar-refractivity contribution in [1.29, 1.82) is 0 Å². The third kappa shape index (κ3) is 2.67. The highest BCUT2D eigenvalue weighted by molar-refractivity contribution is 6.36. The minimum Gasteiger partial charge on any atom is -0.493 e. The molecule has 0 aliphatic heterocycles. The van der Waals surface area contributed by atoms with E-state index in [4.69, 9.17) is 27.9 Å². The Balaban J connectivity index is 2.58. The van der Waals surface area contributed by atoms with Crippen LogP contribution in [0.5, 0.6) is 5.75 Å². The number of carbonyl (C=O) groups excluding carboxylic acids is 1. The van der Waals surface area contributed by atoms with Crippen molar-refractivity contribution < 1.29 is 9.53 Å². The Labute approximate surface area is 127 Å². The summed E-state index contributed by atoms with van der Waals surface area (Å²) in [5.74, 6) is 0.153. The fourth-order valence-corrected chi connectivity index (χ4v) is 2.28. The molecule has 20 heavy (non-hydrogen) atoms. The van der Waals surface area contributed by atoms with E-state index in [9.17, 15) is 4.79 Å². The van der Waals surface area contributed by atoms with Crippen molar-refractivity contribution in [1.82, 2.24) is 9.78 Å². The number of rotatable bonds is 4. The molecule has 0 bridgehead atoms. The lowest BCUT2D eigenvalue weighted by Crippen LogP contribution is -2.14. The van der Waals surface area contributed by atoms with Crippen molar-refractivity contribution in [3.05, 3.63) is 45.7 Å². The number of methoxy groups -OCH3 is 1. The van der Waals surface area contributed by atoms with Gasteiger partial charge in [0.2, 0.25) is 5.78 Å². The number of benzene rings is 1. The number of carbonyl (C=O) groups is 1. The SMILES string of the molecule is COc1cnn(C(C)C)c1C(=O)c1cc(Cl)ccc1Cl. The van der Waals surface area contributed by atoms with E-state index in [1.54, 1.807) is 22.9 Å². The van der Waals surface area contributed by atoms with Crippen LogP contribution in [0.3, 0.4) is 0 Å². The quantitative estimate of drug-likeness (QED) is 0.801. The number of hydrogen-bond acceptors (Lipinski definition) is 3. The number of aromatic nitrogens is 2. The van der Waals surface area contributed by atoms with Gasteiger partial charge in [-0.05, 0) is 32.0 Å². The average molecular weight is 313 g/mol. The Kier molecular flexibility index (Phi) is 4.35. The molecular weight excluding hydrogens is 299 g/mol. The molecule has 0 amide bonds. The van der Waals surface area contributed by atoms with Gasteiger partial charge in [-0.15, -0.1) is 0 Å². The third-order valence-corrected chi connectivity index (χ3v) is 3.42. The molecule has 2 aromatic rings. The van der Waals surface area contributed by atoms with Crippen LogP contribution in [0.2, 0.25) is 10.0 Å². The van der Waals surface area contributed by atoms with E-state index in [-0.39, 0.29) is 11.8 Å². The van der Waals surface area contributed by atoms with E-state index in [1.807, 2.05) is 13.8 Å². The van der Waals surface area contributed by atoms with Gasteiger partial charge in [0.25, 0.3) is 0 Å². The third-order valence-electron chi connectivity index (χ3n) is 2.86. The smallest absolute Gasteiger partial charge is 0.216 e. The van der Waals surface area contributed by atoms with Gasteiger partial charge in [0, 0.05) is 16.6 Å². The highest BCUT2D eigenvalue weighted by atomic mass is 35.5. The van der Waals surface area contributed by atoms with Crippen LogP contribution < -0.4 is 4.74 Å². The molecule has 0 saturated carbocycles. The summed E-state index contributed by atoms with van der Waals surface area (Å²) in [6, 6.07) is 4.80. The molecule has 0 N–H and O–H groups in total. The molecule has 0 atom stereocenters. The lowest BCUT2D eigenvalue weighted by molar-refractivity contribution is 0.102. The van der Waals surface area contributed by atoms with Crippen molar-refractivity contribution in [3.8, 4) is 5.75 Å². The van der Waals surface area contributed by atoms with Gasteiger partial charge in [-0.1, -0.05) is 23.2 Å². The molecule has 6 heteroatoms. The first-order chi connectivity index (χ1) is 9.45. The van der Waals surface area contributed by atoms with E-state index >= 15 is 0 Å². The van der Waals surface area contributed by atoms with E-state index in [0.717, 1.165) is 0 Å². The van der Waals surface area contributed by atoms with E-state index in [2.05, 4.69) is 5.10 Å². The molecule has 0 fully saturated rings. The van der Waals surface area contributed by atoms with Crippen molar-refractivity contribution >= 4 is 29.0 Å². The summed E-state index contributed by atoms with van der Waals surface area (Å²) >= 11 is 12.0. The van der Waals surface area contributed by atoms with Crippen LogP contribution in [0.4, 0.5) is 0 Å². The minimum atomic E-state index is -0.263. The predicted molar refractivity (Wildman–Crippen MR) is 79.1 cm³/mol. The molecular formula is C14H14Cl2N2O2. The Bertz CT molecular complexity index is 651. The molecule has 0 saturated heterocycles. The van der Waals surface area contributed by atoms with Crippen LogP contribution in [0.25, 0.3) is 0 Å². The Morgan fingerprint density at radius 2 is 2.05 bits per heavy atom. The fraction of sp³-hybridized carbons (Fsp3) is 0.286. The second-order valence-electron chi connectivity index (χ2n) is 4.55. The number of ketones is 1. The van der Waals surface area contributed by atoms with Crippen molar-refractivity contribution in [2.24, 2.45) is 0 Å². The molecule has 0 radical (unpaired) electrons. The summed E-state index contributed by atoms with van der Waals surface area (Å²) in [6.45, 7) is 3.87. The summed E-state index contributed by atoms with van der Waals surface area (Å²) in [5, 5.41) is 4.98. The number of hydrogen-bond donors (Lipinski definition) is 0. The van der Waals surface area contributed by atoms with Gasteiger partial charge in [0.1, 0.15) is 0 Å². The second-order valence-corrected chi connectivity index (χ2v) is 5.40. The number of ether oxygens (including phenoxy) is 1. The first-order valence-electron chi connectivity index (χ1n) is 6.07. The Hall–Kier alpha value is -1.52. The zero-order chi connectivity index (χ0) is 14.9. The summed E-state index contributed by atoms with van der Waals surface area (Å²) < 4.78 is 6.82.